The molecular formula is C25H26F4N4O2S. The summed E-state index contributed by atoms with van der Waals surface area (Å²) >= 11 is 0. The van der Waals surface area contributed by atoms with E-state index in [-0.39, 0.29) is 17.7 Å². The number of halogens is 4. The summed E-state index contributed by atoms with van der Waals surface area (Å²) in [6.07, 6.45) is -2.43. The Morgan fingerprint density at radius 1 is 1.00 bits per heavy atom. The van der Waals surface area contributed by atoms with Crippen LogP contribution < -0.4 is 5.14 Å². The molecule has 2 bridgehead atoms. The van der Waals surface area contributed by atoms with E-state index in [9.17, 15) is 26.0 Å². The van der Waals surface area contributed by atoms with Crippen LogP contribution in [0.15, 0.2) is 48.5 Å². The van der Waals surface area contributed by atoms with Gasteiger partial charge in [0.05, 0.1) is 11.4 Å². The van der Waals surface area contributed by atoms with Crippen LogP contribution >= 0.6 is 0 Å². The number of fused-ring (bicyclic) bond motifs is 3. The number of hydrogen-bond donors (Lipinski definition) is 1. The number of alkyl halides is 3. The third-order valence-electron chi connectivity index (χ3n) is 7.35. The molecular weight excluding hydrogens is 496 g/mol. The van der Waals surface area contributed by atoms with E-state index in [1.54, 1.807) is 23.9 Å². The summed E-state index contributed by atoms with van der Waals surface area (Å²) in [6, 6.07) is 13.1. The summed E-state index contributed by atoms with van der Waals surface area (Å²) in [5.41, 5.74) is 5.20. The zero-order valence-corrected chi connectivity index (χ0v) is 20.4. The van der Waals surface area contributed by atoms with Gasteiger partial charge in [0.1, 0.15) is 12.4 Å². The molecule has 192 valence electrons. The normalized spacial score (nSPS) is 22.0. The smallest absolute Gasteiger partial charge is 0.267 e. The van der Waals surface area contributed by atoms with Gasteiger partial charge in [-0.1, -0.05) is 12.1 Å². The molecule has 3 atom stereocenters. The van der Waals surface area contributed by atoms with Crippen molar-refractivity contribution in [1.29, 1.82) is 0 Å². The van der Waals surface area contributed by atoms with E-state index in [4.69, 9.17) is 5.14 Å². The van der Waals surface area contributed by atoms with E-state index in [0.29, 0.717) is 35.7 Å². The molecule has 1 aromatic heterocycles. The van der Waals surface area contributed by atoms with Gasteiger partial charge in [-0.15, -0.1) is 0 Å². The maximum absolute atomic E-state index is 13.3. The first-order valence-electron chi connectivity index (χ1n) is 11.7. The largest absolute Gasteiger partial charge is 0.402 e. The zero-order chi connectivity index (χ0) is 25.8. The van der Waals surface area contributed by atoms with Gasteiger partial charge in [-0.25, -0.2) is 9.53 Å². The molecule has 1 heterocycles. The molecule has 6 nitrogen and oxygen atoms in total. The van der Waals surface area contributed by atoms with Crippen molar-refractivity contribution in [1.82, 2.24) is 14.1 Å². The summed E-state index contributed by atoms with van der Waals surface area (Å²) in [4.78, 5) is 0. The molecule has 1 saturated carbocycles. The average molecular weight is 523 g/mol. The summed E-state index contributed by atoms with van der Waals surface area (Å²) in [5, 5.41) is 9.88. The molecule has 11 heteroatoms. The van der Waals surface area contributed by atoms with Crippen LogP contribution in [0, 0.1) is 17.7 Å². The predicted molar refractivity (Wildman–Crippen MR) is 127 cm³/mol. The maximum atomic E-state index is 13.3. The lowest BCUT2D eigenvalue weighted by Gasteiger charge is -2.33. The number of aromatic nitrogens is 2. The fourth-order valence-corrected chi connectivity index (χ4v) is 6.86. The Hall–Kier alpha value is -2.76. The lowest BCUT2D eigenvalue weighted by Crippen LogP contribution is -2.52. The third-order valence-corrected chi connectivity index (χ3v) is 8.38. The highest BCUT2D eigenvalue weighted by atomic mass is 32.2. The van der Waals surface area contributed by atoms with Gasteiger partial charge in [0.25, 0.3) is 10.2 Å². The number of hydrogen-bond acceptors (Lipinski definition) is 3. The SMILES string of the molecule is Cn1nc(-c2ccc3c(c2)C[C@H]2CC[C@@H](C3)[C@H]2N(CC(F)(F)F)S(N)(=O)=O)cc1-c1ccc(F)cc1. The third kappa shape index (κ3) is 4.91. The Kier molecular flexibility index (Phi) is 6.20. The van der Waals surface area contributed by atoms with E-state index in [0.717, 1.165) is 27.9 Å². The maximum Gasteiger partial charge on any atom is 0.402 e. The second-order valence-corrected chi connectivity index (χ2v) is 11.2. The molecule has 2 aromatic carbocycles. The van der Waals surface area contributed by atoms with E-state index in [1.807, 2.05) is 24.3 Å². The summed E-state index contributed by atoms with van der Waals surface area (Å²) in [5.74, 6) is -0.816. The van der Waals surface area contributed by atoms with E-state index in [2.05, 4.69) is 5.10 Å². The van der Waals surface area contributed by atoms with Crippen molar-refractivity contribution < 1.29 is 26.0 Å². The fraction of sp³-hybridized carbons (Fsp3) is 0.400. The predicted octanol–water partition coefficient (Wildman–Crippen LogP) is 4.45. The van der Waals surface area contributed by atoms with Crippen LogP contribution in [-0.4, -0.2) is 41.3 Å². The first kappa shape index (κ1) is 24.9. The lowest BCUT2D eigenvalue weighted by molar-refractivity contribution is -0.141. The molecule has 0 aliphatic heterocycles. The minimum atomic E-state index is -4.68. The van der Waals surface area contributed by atoms with Crippen LogP contribution in [0.25, 0.3) is 22.5 Å². The van der Waals surface area contributed by atoms with Gasteiger partial charge in [-0.3, -0.25) is 4.68 Å². The van der Waals surface area contributed by atoms with E-state index >= 15 is 0 Å². The van der Waals surface area contributed by atoms with Crippen LogP contribution in [0.2, 0.25) is 0 Å². The van der Waals surface area contributed by atoms with Gasteiger partial charge in [-0.2, -0.15) is 31.0 Å². The number of aryl methyl sites for hydroxylation is 1. The molecule has 0 saturated heterocycles. The first-order chi connectivity index (χ1) is 16.9. The van der Waals surface area contributed by atoms with Gasteiger partial charge < -0.3 is 0 Å². The van der Waals surface area contributed by atoms with Crippen molar-refractivity contribution in [3.05, 3.63) is 65.5 Å². The van der Waals surface area contributed by atoms with Gasteiger partial charge in [0.15, 0.2) is 0 Å². The summed E-state index contributed by atoms with van der Waals surface area (Å²) < 4.78 is 79.7. The van der Waals surface area contributed by atoms with Crippen molar-refractivity contribution in [2.45, 2.75) is 37.9 Å². The Bertz CT molecular complexity index is 1390. The standard InChI is InChI=1S/C25H26F4N4O2S/c1-32-23(15-6-8-21(26)9-7-15)13-22(31-32)17-3-2-16-10-18-4-5-19(12-20(16)11-17)24(18)33(36(30,34)35)14-25(27,28)29/h2-3,6-9,11,13,18-19,24H,4-5,10,12,14H2,1H3,(H2,30,34,35)/t18-,19+,24+/m0/s1. The molecule has 2 aliphatic carbocycles. The molecule has 0 spiro atoms. The molecule has 36 heavy (non-hydrogen) atoms. The number of nitrogens with two attached hydrogens (primary N) is 1. The van der Waals surface area contributed by atoms with Gasteiger partial charge >= 0.3 is 6.18 Å². The molecule has 0 amide bonds. The Balaban J connectivity index is 1.46. The second-order valence-electron chi connectivity index (χ2n) is 9.73. The monoisotopic (exact) mass is 522 g/mol. The van der Waals surface area contributed by atoms with Gasteiger partial charge in [-0.05, 0) is 90.6 Å². The number of benzene rings is 2. The Morgan fingerprint density at radius 2 is 1.61 bits per heavy atom. The van der Waals surface area contributed by atoms with Crippen molar-refractivity contribution >= 4 is 10.2 Å². The van der Waals surface area contributed by atoms with Crippen molar-refractivity contribution in [3.63, 3.8) is 0 Å². The quantitative estimate of drug-likeness (QED) is 0.503. The van der Waals surface area contributed by atoms with Gasteiger partial charge in [0.2, 0.25) is 0 Å². The highest BCUT2D eigenvalue weighted by Gasteiger charge is 2.48. The highest BCUT2D eigenvalue weighted by molar-refractivity contribution is 7.86. The van der Waals surface area contributed by atoms with Gasteiger partial charge in [0, 0.05) is 18.7 Å². The topological polar surface area (TPSA) is 81.2 Å². The molecule has 3 aromatic rings. The lowest BCUT2D eigenvalue weighted by atomic mass is 9.91. The highest BCUT2D eigenvalue weighted by Crippen LogP contribution is 2.44. The average Bonchev–Trinajstić information content (AvgIpc) is 3.30. The van der Waals surface area contributed by atoms with Crippen molar-refractivity contribution in [2.24, 2.45) is 24.0 Å². The van der Waals surface area contributed by atoms with Crippen LogP contribution in [0.1, 0.15) is 24.0 Å². The van der Waals surface area contributed by atoms with E-state index in [1.165, 1.54) is 12.1 Å². The first-order valence-corrected chi connectivity index (χ1v) is 13.2. The molecule has 2 aliphatic rings. The van der Waals surface area contributed by atoms with Crippen LogP contribution in [0.4, 0.5) is 17.6 Å². The number of rotatable bonds is 5. The van der Waals surface area contributed by atoms with Crippen LogP contribution in [0.5, 0.6) is 0 Å². The fourth-order valence-electron chi connectivity index (χ4n) is 5.85. The van der Waals surface area contributed by atoms with Crippen molar-refractivity contribution in [2.75, 3.05) is 6.54 Å². The summed E-state index contributed by atoms with van der Waals surface area (Å²) in [6.45, 7) is -1.58. The Labute approximate surface area is 206 Å². The molecule has 1 fully saturated rings. The zero-order valence-electron chi connectivity index (χ0n) is 19.5. The second kappa shape index (κ2) is 8.97. The van der Waals surface area contributed by atoms with Crippen molar-refractivity contribution in [3.8, 4) is 22.5 Å². The molecule has 2 N–H and O–H groups in total. The molecule has 5 rings (SSSR count). The van der Waals surface area contributed by atoms with Crippen LogP contribution in [-0.2, 0) is 30.1 Å². The summed E-state index contributed by atoms with van der Waals surface area (Å²) in [7, 11) is -2.73. The minimum Gasteiger partial charge on any atom is -0.267 e. The molecule has 0 unspecified atom stereocenters. The van der Waals surface area contributed by atoms with Crippen LogP contribution in [0.3, 0.4) is 0 Å². The Morgan fingerprint density at radius 3 is 2.22 bits per heavy atom. The number of nitrogens with zero attached hydrogens (tertiary/aromatic N) is 3. The minimum absolute atomic E-state index is 0.234. The van der Waals surface area contributed by atoms with E-state index < -0.39 is 29.0 Å². The molecule has 0 radical (unpaired) electrons.